The largest absolute Gasteiger partial charge is 0.508 e. The Balaban J connectivity index is 2.11. The van der Waals surface area contributed by atoms with Crippen molar-refractivity contribution in [1.29, 1.82) is 0 Å². The average Bonchev–Trinajstić information content (AvgIpc) is 2.48. The number of carbonyl (C=O) groups is 1. The van der Waals surface area contributed by atoms with Crippen molar-refractivity contribution >= 4 is 28.2 Å². The second-order valence-electron chi connectivity index (χ2n) is 4.87. The van der Waals surface area contributed by atoms with Gasteiger partial charge in [0.25, 0.3) is 0 Å². The zero-order valence-electron chi connectivity index (χ0n) is 12.7. The third-order valence-electron chi connectivity index (χ3n) is 3.22. The topological polar surface area (TPSA) is 78.4 Å². The summed E-state index contributed by atoms with van der Waals surface area (Å²) in [6.45, 7) is 1.90. The summed E-state index contributed by atoms with van der Waals surface area (Å²) in [5, 5.41) is 14.6. The monoisotopic (exact) mass is 336 g/mol. The quantitative estimate of drug-likeness (QED) is 0.748. The van der Waals surface area contributed by atoms with Crippen molar-refractivity contribution in [2.75, 3.05) is 16.9 Å². The van der Waals surface area contributed by atoms with Crippen LogP contribution in [0.1, 0.15) is 12.5 Å². The molecular formula is C16H17FN2O3S. The molecule has 0 saturated carbocycles. The van der Waals surface area contributed by atoms with Gasteiger partial charge in [-0.3, -0.25) is 4.21 Å². The second-order valence-corrected chi connectivity index (χ2v) is 6.22. The van der Waals surface area contributed by atoms with Crippen LogP contribution < -0.4 is 10.6 Å². The first-order chi connectivity index (χ1) is 10.9. The molecule has 2 aromatic carbocycles. The lowest BCUT2D eigenvalue weighted by Crippen LogP contribution is -2.20. The first kappa shape index (κ1) is 17.0. The number of aromatic hydroxyl groups is 1. The maximum Gasteiger partial charge on any atom is 0.323 e. The van der Waals surface area contributed by atoms with E-state index >= 15 is 0 Å². The molecule has 7 heteroatoms. The van der Waals surface area contributed by atoms with Gasteiger partial charge >= 0.3 is 6.03 Å². The fourth-order valence-electron chi connectivity index (χ4n) is 2.09. The van der Waals surface area contributed by atoms with Gasteiger partial charge in [0, 0.05) is 17.6 Å². The molecule has 0 spiro atoms. The summed E-state index contributed by atoms with van der Waals surface area (Å²) in [5.41, 5.74) is 1.60. The number of urea groups is 1. The SMILES string of the molecule is CCc1cc(O)ccc1NC(=O)Nc1ccc([S@](C)=O)c(F)c1. The number of aryl methyl sites for hydroxylation is 1. The molecule has 23 heavy (non-hydrogen) atoms. The molecule has 5 nitrogen and oxygen atoms in total. The van der Waals surface area contributed by atoms with Crippen molar-refractivity contribution in [2.24, 2.45) is 0 Å². The standard InChI is InChI=1S/C16H17FN2O3S/c1-3-10-8-12(20)5-6-14(10)19-16(21)18-11-4-7-15(23(2)22)13(17)9-11/h4-9,20H,3H2,1-2H3,(H2,18,19,21)/t23-/m0/s1. The fourth-order valence-corrected chi connectivity index (χ4v) is 2.68. The molecule has 1 atom stereocenters. The summed E-state index contributed by atoms with van der Waals surface area (Å²) >= 11 is 0. The van der Waals surface area contributed by atoms with Gasteiger partial charge in [-0.05, 0) is 48.4 Å². The summed E-state index contributed by atoms with van der Waals surface area (Å²) in [5.74, 6) is -0.513. The Kier molecular flexibility index (Phi) is 5.33. The van der Waals surface area contributed by atoms with Crippen molar-refractivity contribution in [3.63, 3.8) is 0 Å². The van der Waals surface area contributed by atoms with Gasteiger partial charge in [0.1, 0.15) is 11.6 Å². The highest BCUT2D eigenvalue weighted by Gasteiger charge is 2.10. The van der Waals surface area contributed by atoms with Crippen LogP contribution in [0.15, 0.2) is 41.3 Å². The van der Waals surface area contributed by atoms with E-state index in [1.54, 1.807) is 12.1 Å². The van der Waals surface area contributed by atoms with E-state index in [1.807, 2.05) is 6.92 Å². The van der Waals surface area contributed by atoms with Crippen molar-refractivity contribution < 1.29 is 18.5 Å². The Hall–Kier alpha value is -2.41. The van der Waals surface area contributed by atoms with Crippen LogP contribution in [-0.2, 0) is 17.2 Å². The van der Waals surface area contributed by atoms with E-state index in [2.05, 4.69) is 10.6 Å². The summed E-state index contributed by atoms with van der Waals surface area (Å²) < 4.78 is 25.0. The summed E-state index contributed by atoms with van der Waals surface area (Å²) in [4.78, 5) is 12.1. The highest BCUT2D eigenvalue weighted by atomic mass is 32.2. The third-order valence-corrected chi connectivity index (χ3v) is 4.17. The van der Waals surface area contributed by atoms with E-state index in [0.717, 1.165) is 11.6 Å². The van der Waals surface area contributed by atoms with Crippen molar-refractivity contribution in [3.8, 4) is 5.75 Å². The molecule has 0 radical (unpaired) electrons. The smallest absolute Gasteiger partial charge is 0.323 e. The van der Waals surface area contributed by atoms with Gasteiger partial charge in [-0.25, -0.2) is 9.18 Å². The number of rotatable bonds is 4. The maximum atomic E-state index is 13.7. The third kappa shape index (κ3) is 4.29. The highest BCUT2D eigenvalue weighted by molar-refractivity contribution is 7.84. The Morgan fingerprint density at radius 1 is 1.22 bits per heavy atom. The summed E-state index contributed by atoms with van der Waals surface area (Å²) in [6.07, 6.45) is 2.02. The number of hydrogen-bond acceptors (Lipinski definition) is 3. The normalized spacial score (nSPS) is 11.8. The maximum absolute atomic E-state index is 13.7. The Morgan fingerprint density at radius 2 is 1.96 bits per heavy atom. The van der Waals surface area contributed by atoms with Crippen molar-refractivity contribution in [3.05, 3.63) is 47.8 Å². The van der Waals surface area contributed by atoms with Crippen LogP contribution in [-0.4, -0.2) is 21.6 Å². The van der Waals surface area contributed by atoms with Crippen LogP contribution in [0.5, 0.6) is 5.75 Å². The Bertz CT molecular complexity index is 765. The molecule has 0 bridgehead atoms. The van der Waals surface area contributed by atoms with Crippen LogP contribution in [0.2, 0.25) is 0 Å². The van der Waals surface area contributed by atoms with Crippen molar-refractivity contribution in [2.45, 2.75) is 18.2 Å². The highest BCUT2D eigenvalue weighted by Crippen LogP contribution is 2.22. The van der Waals surface area contributed by atoms with E-state index < -0.39 is 22.6 Å². The minimum Gasteiger partial charge on any atom is -0.508 e. The molecule has 2 aromatic rings. The van der Waals surface area contributed by atoms with E-state index in [1.165, 1.54) is 24.5 Å². The van der Waals surface area contributed by atoms with Gasteiger partial charge in [-0.2, -0.15) is 0 Å². The molecule has 0 fully saturated rings. The molecule has 0 aliphatic rings. The number of amides is 2. The zero-order valence-corrected chi connectivity index (χ0v) is 13.5. The van der Waals surface area contributed by atoms with Crippen LogP contribution in [0.25, 0.3) is 0 Å². The lowest BCUT2D eigenvalue weighted by Gasteiger charge is -2.12. The molecule has 0 aliphatic carbocycles. The lowest BCUT2D eigenvalue weighted by atomic mass is 10.1. The number of hydrogen-bond donors (Lipinski definition) is 3. The lowest BCUT2D eigenvalue weighted by molar-refractivity contribution is 0.262. The number of phenols is 1. The van der Waals surface area contributed by atoms with Crippen molar-refractivity contribution in [1.82, 2.24) is 0 Å². The molecule has 0 aromatic heterocycles. The first-order valence-corrected chi connectivity index (χ1v) is 8.49. The van der Waals surface area contributed by atoms with Crippen LogP contribution >= 0.6 is 0 Å². The van der Waals surface area contributed by atoms with Crippen LogP contribution in [0.3, 0.4) is 0 Å². The molecule has 2 rings (SSSR count). The number of benzene rings is 2. The number of carbonyl (C=O) groups excluding carboxylic acids is 1. The van der Waals surface area contributed by atoms with Gasteiger partial charge in [0.15, 0.2) is 0 Å². The summed E-state index contributed by atoms with van der Waals surface area (Å²) in [7, 11) is -1.43. The Labute approximate surface area is 136 Å². The van der Waals surface area contributed by atoms with Gasteiger partial charge in [-0.15, -0.1) is 0 Å². The van der Waals surface area contributed by atoms with Gasteiger partial charge in [-0.1, -0.05) is 6.92 Å². The molecular weight excluding hydrogens is 319 g/mol. The first-order valence-electron chi connectivity index (χ1n) is 6.93. The van der Waals surface area contributed by atoms with E-state index in [4.69, 9.17) is 0 Å². The minimum absolute atomic E-state index is 0.0859. The predicted molar refractivity (Wildman–Crippen MR) is 88.9 cm³/mol. The van der Waals surface area contributed by atoms with E-state index in [9.17, 15) is 18.5 Å². The summed E-state index contributed by atoms with van der Waals surface area (Å²) in [6, 6.07) is 8.08. The minimum atomic E-state index is -1.43. The molecule has 122 valence electrons. The van der Waals surface area contributed by atoms with Crippen LogP contribution in [0, 0.1) is 5.82 Å². The molecule has 3 N–H and O–H groups in total. The number of anilines is 2. The number of phenolic OH excluding ortho intramolecular Hbond substituents is 1. The molecule has 0 heterocycles. The van der Waals surface area contributed by atoms with Gasteiger partial charge < -0.3 is 15.7 Å². The number of nitrogens with one attached hydrogen (secondary N) is 2. The van der Waals surface area contributed by atoms with Crippen LogP contribution in [0.4, 0.5) is 20.6 Å². The number of halogens is 1. The average molecular weight is 336 g/mol. The van der Waals surface area contributed by atoms with E-state index in [-0.39, 0.29) is 16.3 Å². The predicted octanol–water partition coefficient (Wildman–Crippen LogP) is 3.48. The zero-order chi connectivity index (χ0) is 17.0. The van der Waals surface area contributed by atoms with E-state index in [0.29, 0.717) is 12.1 Å². The molecule has 0 unspecified atom stereocenters. The van der Waals surface area contributed by atoms with Gasteiger partial charge in [0.05, 0.1) is 15.7 Å². The van der Waals surface area contributed by atoms with Gasteiger partial charge in [0.2, 0.25) is 0 Å². The molecule has 0 aliphatic heterocycles. The Morgan fingerprint density at radius 3 is 2.57 bits per heavy atom. The molecule has 2 amide bonds. The second kappa shape index (κ2) is 7.23. The molecule has 0 saturated heterocycles. The fraction of sp³-hybridized carbons (Fsp3) is 0.188.